The predicted molar refractivity (Wildman–Crippen MR) is 64.6 cm³/mol. The molecule has 1 aromatic rings. The summed E-state index contributed by atoms with van der Waals surface area (Å²) < 4.78 is 49.9. The first-order valence-corrected chi connectivity index (χ1v) is 8.29. The molecule has 0 saturated heterocycles. The summed E-state index contributed by atoms with van der Waals surface area (Å²) in [6.07, 6.45) is 0.851. The van der Waals surface area contributed by atoms with Crippen LogP contribution in [0.15, 0.2) is 29.2 Å². The van der Waals surface area contributed by atoms with Crippen molar-refractivity contribution in [2.45, 2.75) is 11.8 Å². The fraction of sp³-hybridized carbons (Fsp3) is 0.300. The van der Waals surface area contributed by atoms with E-state index in [1.54, 1.807) is 0 Å². The zero-order chi connectivity index (χ0) is 14.0. The molecule has 0 unspecified atom stereocenters. The second-order valence-electron chi connectivity index (χ2n) is 3.72. The van der Waals surface area contributed by atoms with Gasteiger partial charge in [-0.1, -0.05) is 6.07 Å². The number of hydrogen-bond acceptors (Lipinski definition) is 6. The third-order valence-corrected chi connectivity index (χ3v) is 4.06. The van der Waals surface area contributed by atoms with Gasteiger partial charge in [-0.2, -0.15) is 8.42 Å². The second kappa shape index (κ2) is 5.07. The Morgan fingerprint density at radius 2 is 1.83 bits per heavy atom. The molecule has 8 heteroatoms. The van der Waals surface area contributed by atoms with Crippen molar-refractivity contribution in [3.05, 3.63) is 24.3 Å². The lowest BCUT2D eigenvalue weighted by molar-refractivity contribution is -0.114. The third-order valence-electron chi connectivity index (χ3n) is 1.81. The van der Waals surface area contributed by atoms with E-state index in [1.165, 1.54) is 18.2 Å². The van der Waals surface area contributed by atoms with Gasteiger partial charge in [0.05, 0.1) is 11.2 Å². The van der Waals surface area contributed by atoms with Gasteiger partial charge in [-0.05, 0) is 19.1 Å². The Morgan fingerprint density at radius 1 is 1.22 bits per heavy atom. The van der Waals surface area contributed by atoms with Crippen LogP contribution in [0.4, 0.5) is 0 Å². The van der Waals surface area contributed by atoms with Gasteiger partial charge in [-0.3, -0.25) is 4.79 Å². The van der Waals surface area contributed by atoms with Gasteiger partial charge >= 0.3 is 10.1 Å². The van der Waals surface area contributed by atoms with Crippen molar-refractivity contribution >= 4 is 25.7 Å². The van der Waals surface area contributed by atoms with E-state index in [0.717, 1.165) is 19.2 Å². The van der Waals surface area contributed by atoms with Gasteiger partial charge in [0.1, 0.15) is 17.3 Å². The van der Waals surface area contributed by atoms with Crippen LogP contribution in [-0.4, -0.2) is 34.6 Å². The first-order chi connectivity index (χ1) is 8.10. The van der Waals surface area contributed by atoms with Gasteiger partial charge in [-0.25, -0.2) is 8.42 Å². The molecule has 0 amide bonds. The molecule has 0 aliphatic heterocycles. The van der Waals surface area contributed by atoms with E-state index in [0.29, 0.717) is 0 Å². The molecule has 0 heterocycles. The number of carbonyl (C=O) groups excluding carboxylic acids is 1. The van der Waals surface area contributed by atoms with Crippen LogP contribution in [0.3, 0.4) is 0 Å². The highest BCUT2D eigenvalue weighted by molar-refractivity contribution is 7.92. The summed E-state index contributed by atoms with van der Waals surface area (Å²) in [5.74, 6) is -1.23. The van der Waals surface area contributed by atoms with Crippen LogP contribution in [0, 0.1) is 0 Å². The minimum Gasteiger partial charge on any atom is -0.383 e. The zero-order valence-corrected chi connectivity index (χ0v) is 11.4. The van der Waals surface area contributed by atoms with Gasteiger partial charge in [0, 0.05) is 6.07 Å². The largest absolute Gasteiger partial charge is 0.383 e. The van der Waals surface area contributed by atoms with Crippen LogP contribution < -0.4 is 4.18 Å². The maximum atomic E-state index is 11.7. The maximum Gasteiger partial charge on any atom is 0.306 e. The highest BCUT2D eigenvalue weighted by Crippen LogP contribution is 2.19. The van der Waals surface area contributed by atoms with Crippen LogP contribution in [0.1, 0.15) is 6.92 Å². The highest BCUT2D eigenvalue weighted by Gasteiger charge is 2.18. The van der Waals surface area contributed by atoms with E-state index >= 15 is 0 Å². The van der Waals surface area contributed by atoms with Gasteiger partial charge in [0.15, 0.2) is 9.84 Å². The first kappa shape index (κ1) is 14.7. The molecular weight excluding hydrogens is 280 g/mol. The molecule has 1 aromatic carbocycles. The molecule has 18 heavy (non-hydrogen) atoms. The van der Waals surface area contributed by atoms with Crippen molar-refractivity contribution in [2.75, 3.05) is 12.0 Å². The van der Waals surface area contributed by atoms with Crippen molar-refractivity contribution in [1.82, 2.24) is 0 Å². The molecule has 0 aliphatic rings. The summed E-state index contributed by atoms with van der Waals surface area (Å²) in [6, 6.07) is 4.99. The summed E-state index contributed by atoms with van der Waals surface area (Å²) >= 11 is 0. The Bertz CT molecular complexity index is 657. The predicted octanol–water partition coefficient (Wildman–Crippen LogP) is 0.388. The van der Waals surface area contributed by atoms with Crippen molar-refractivity contribution < 1.29 is 25.8 Å². The lowest BCUT2D eigenvalue weighted by Crippen LogP contribution is -2.13. The Balaban J connectivity index is 3.13. The molecule has 0 fully saturated rings. The average molecular weight is 292 g/mol. The number of ketones is 1. The monoisotopic (exact) mass is 292 g/mol. The number of benzene rings is 1. The lowest BCUT2D eigenvalue weighted by atomic mass is 10.3. The highest BCUT2D eigenvalue weighted by atomic mass is 32.2. The lowest BCUT2D eigenvalue weighted by Gasteiger charge is -2.06. The summed E-state index contributed by atoms with van der Waals surface area (Å²) in [4.78, 5) is 10.7. The van der Waals surface area contributed by atoms with Crippen molar-refractivity contribution in [3.63, 3.8) is 0 Å². The Morgan fingerprint density at radius 3 is 2.33 bits per heavy atom. The molecule has 0 spiro atoms. The zero-order valence-electron chi connectivity index (χ0n) is 9.78. The van der Waals surface area contributed by atoms with Gasteiger partial charge in [0.25, 0.3) is 0 Å². The number of Topliss-reactive ketones (excluding diaryl/α,β-unsaturated/α-hetero) is 1. The van der Waals surface area contributed by atoms with E-state index in [9.17, 15) is 21.6 Å². The molecule has 0 N–H and O–H groups in total. The molecule has 0 radical (unpaired) electrons. The quantitative estimate of drug-likeness (QED) is 0.728. The number of sulfone groups is 1. The molecule has 6 nitrogen and oxygen atoms in total. The van der Waals surface area contributed by atoms with E-state index in [-0.39, 0.29) is 10.6 Å². The van der Waals surface area contributed by atoms with Crippen molar-refractivity contribution in [2.24, 2.45) is 0 Å². The third kappa shape index (κ3) is 4.46. The number of carbonyl (C=O) groups is 1. The SMILES string of the molecule is CC(=O)CS(=O)(=O)c1cccc(OS(C)(=O)=O)c1. The average Bonchev–Trinajstić information content (AvgIpc) is 2.13. The van der Waals surface area contributed by atoms with E-state index in [2.05, 4.69) is 4.18 Å². The van der Waals surface area contributed by atoms with Crippen LogP contribution >= 0.6 is 0 Å². The molecule has 0 aromatic heterocycles. The fourth-order valence-electron chi connectivity index (χ4n) is 1.25. The van der Waals surface area contributed by atoms with Crippen molar-refractivity contribution in [1.29, 1.82) is 0 Å². The number of hydrogen-bond donors (Lipinski definition) is 0. The molecule has 0 atom stereocenters. The number of rotatable bonds is 5. The second-order valence-corrected chi connectivity index (χ2v) is 7.29. The Labute approximate surface area is 106 Å². The van der Waals surface area contributed by atoms with E-state index < -0.39 is 31.5 Å². The van der Waals surface area contributed by atoms with E-state index in [1.807, 2.05) is 0 Å². The molecule has 0 bridgehead atoms. The Kier molecular flexibility index (Phi) is 4.12. The standard InChI is InChI=1S/C10H12O6S2/c1-8(11)7-18(14,15)10-5-3-4-9(6-10)16-17(2,12)13/h3-6H,7H2,1-2H3. The molecular formula is C10H12O6S2. The minimum atomic E-state index is -3.76. The van der Waals surface area contributed by atoms with Crippen LogP contribution in [-0.2, 0) is 24.7 Å². The van der Waals surface area contributed by atoms with Gasteiger partial charge < -0.3 is 4.18 Å². The van der Waals surface area contributed by atoms with Crippen molar-refractivity contribution in [3.8, 4) is 5.75 Å². The maximum absolute atomic E-state index is 11.7. The summed E-state index contributed by atoms with van der Waals surface area (Å²) in [7, 11) is -7.49. The van der Waals surface area contributed by atoms with Gasteiger partial charge in [-0.15, -0.1) is 0 Å². The first-order valence-electron chi connectivity index (χ1n) is 4.82. The summed E-state index contributed by atoms with van der Waals surface area (Å²) in [5.41, 5.74) is 0. The molecule has 0 aliphatic carbocycles. The van der Waals surface area contributed by atoms with E-state index in [4.69, 9.17) is 0 Å². The fourth-order valence-corrected chi connectivity index (χ4v) is 2.98. The topological polar surface area (TPSA) is 94.6 Å². The van der Waals surface area contributed by atoms with Gasteiger partial charge in [0.2, 0.25) is 0 Å². The molecule has 0 saturated carbocycles. The smallest absolute Gasteiger partial charge is 0.306 e. The van der Waals surface area contributed by atoms with Crippen LogP contribution in [0.25, 0.3) is 0 Å². The molecule has 1 rings (SSSR count). The molecule has 100 valence electrons. The summed E-state index contributed by atoms with van der Waals surface area (Å²) in [5, 5.41) is 0. The minimum absolute atomic E-state index is 0.109. The van der Waals surface area contributed by atoms with Crippen LogP contribution in [0.2, 0.25) is 0 Å². The summed E-state index contributed by atoms with van der Waals surface area (Å²) in [6.45, 7) is 1.16. The normalized spacial score (nSPS) is 12.1. The Hall–Kier alpha value is -1.41. The van der Waals surface area contributed by atoms with Crippen LogP contribution in [0.5, 0.6) is 5.75 Å².